The van der Waals surface area contributed by atoms with E-state index in [1.807, 2.05) is 49.1 Å². The van der Waals surface area contributed by atoms with Crippen LogP contribution in [0.4, 0.5) is 10.5 Å². The van der Waals surface area contributed by atoms with Gasteiger partial charge in [0.05, 0.1) is 0 Å². The van der Waals surface area contributed by atoms with Gasteiger partial charge in [0.15, 0.2) is 0 Å². The molecule has 2 aromatic rings. The van der Waals surface area contributed by atoms with Crippen molar-refractivity contribution in [3.63, 3.8) is 0 Å². The molecule has 2 aliphatic rings. The van der Waals surface area contributed by atoms with Crippen molar-refractivity contribution in [3.8, 4) is 0 Å². The first-order valence-corrected chi connectivity index (χ1v) is 11.0. The second-order valence-corrected chi connectivity index (χ2v) is 7.65. The molecular formula is C25H34N2O2. The van der Waals surface area contributed by atoms with Crippen molar-refractivity contribution >= 4 is 11.8 Å². The molecule has 1 saturated heterocycles. The fourth-order valence-corrected chi connectivity index (χ4v) is 4.65. The number of anilines is 1. The van der Waals surface area contributed by atoms with Gasteiger partial charge in [0.1, 0.15) is 6.61 Å². The zero-order valence-corrected chi connectivity index (χ0v) is 18.2. The van der Waals surface area contributed by atoms with E-state index in [2.05, 4.69) is 36.9 Å². The van der Waals surface area contributed by atoms with E-state index in [0.717, 1.165) is 38.0 Å². The molecule has 0 saturated carbocycles. The van der Waals surface area contributed by atoms with Crippen molar-refractivity contribution in [3.05, 3.63) is 65.2 Å². The summed E-state index contributed by atoms with van der Waals surface area (Å²) in [6.45, 7) is 11.4. The molecule has 1 fully saturated rings. The first-order valence-electron chi connectivity index (χ1n) is 11.0. The lowest BCUT2D eigenvalue weighted by Crippen LogP contribution is -2.48. The minimum atomic E-state index is -0.194. The maximum absolute atomic E-state index is 12.6. The average Bonchev–Trinajstić information content (AvgIpc) is 3.09. The lowest BCUT2D eigenvalue weighted by Gasteiger charge is -2.38. The third kappa shape index (κ3) is 4.42. The van der Waals surface area contributed by atoms with Crippen molar-refractivity contribution in [2.45, 2.75) is 59.1 Å². The molecule has 0 aromatic heterocycles. The van der Waals surface area contributed by atoms with Gasteiger partial charge in [-0.25, -0.2) is 4.79 Å². The molecule has 4 nitrogen and oxygen atoms in total. The van der Waals surface area contributed by atoms with E-state index in [9.17, 15) is 4.79 Å². The number of para-hydroxylation sites is 1. The van der Waals surface area contributed by atoms with Crippen LogP contribution in [0, 0.1) is 6.92 Å². The summed E-state index contributed by atoms with van der Waals surface area (Å²) in [6, 6.07) is 17.0. The number of rotatable bonds is 4. The number of hydrogen-bond donors (Lipinski definition) is 0. The predicted molar refractivity (Wildman–Crippen MR) is 120 cm³/mol. The highest BCUT2D eigenvalue weighted by atomic mass is 16.6. The van der Waals surface area contributed by atoms with Gasteiger partial charge in [0.25, 0.3) is 0 Å². The molecule has 4 heteroatoms. The van der Waals surface area contributed by atoms with Gasteiger partial charge in [0, 0.05) is 37.3 Å². The number of fused-ring (bicyclic) bond motifs is 3. The van der Waals surface area contributed by atoms with Gasteiger partial charge in [0.2, 0.25) is 0 Å². The SMILES string of the molecule is CC.CCCN1c2c(C)cccc2C2CN(C(=O)OCc3ccccc3)CCC21. The van der Waals surface area contributed by atoms with Crippen LogP contribution in [0.5, 0.6) is 0 Å². The molecule has 4 rings (SSSR count). The third-order valence-corrected chi connectivity index (χ3v) is 5.86. The Kier molecular flexibility index (Phi) is 7.18. The molecule has 1 amide bonds. The highest BCUT2D eigenvalue weighted by Crippen LogP contribution is 2.46. The largest absolute Gasteiger partial charge is 0.445 e. The number of nitrogens with zero attached hydrogens (tertiary/aromatic N) is 2. The number of likely N-dealkylation sites (tertiary alicyclic amines) is 1. The zero-order chi connectivity index (χ0) is 20.8. The van der Waals surface area contributed by atoms with E-state index in [4.69, 9.17) is 4.74 Å². The number of hydrogen-bond acceptors (Lipinski definition) is 3. The van der Waals surface area contributed by atoms with Crippen molar-refractivity contribution in [2.75, 3.05) is 24.5 Å². The van der Waals surface area contributed by atoms with E-state index in [1.54, 1.807) is 0 Å². The van der Waals surface area contributed by atoms with Crippen molar-refractivity contribution in [1.82, 2.24) is 4.90 Å². The lowest BCUT2D eigenvalue weighted by molar-refractivity contribution is 0.0837. The van der Waals surface area contributed by atoms with Crippen LogP contribution in [0.3, 0.4) is 0 Å². The van der Waals surface area contributed by atoms with Gasteiger partial charge in [-0.2, -0.15) is 0 Å². The fourth-order valence-electron chi connectivity index (χ4n) is 4.65. The van der Waals surface area contributed by atoms with Gasteiger partial charge in [-0.3, -0.25) is 0 Å². The van der Waals surface area contributed by atoms with Crippen LogP contribution in [0.2, 0.25) is 0 Å². The Bertz CT molecular complexity index is 806. The molecule has 29 heavy (non-hydrogen) atoms. The Balaban J connectivity index is 0.00000117. The zero-order valence-electron chi connectivity index (χ0n) is 18.2. The maximum Gasteiger partial charge on any atom is 0.410 e. The number of aryl methyl sites for hydroxylation is 1. The van der Waals surface area contributed by atoms with Crippen LogP contribution in [0.1, 0.15) is 56.2 Å². The van der Waals surface area contributed by atoms with Crippen molar-refractivity contribution in [2.24, 2.45) is 0 Å². The molecule has 2 aromatic carbocycles. The standard InChI is InChI=1S/C23H28N2O2.C2H6/c1-3-13-25-21-12-14-24(23(26)27-16-18-9-5-4-6-10-18)15-20(21)19-11-7-8-17(2)22(19)25;1-2/h4-11,20-21H,3,12-16H2,1-2H3;1-2H3. The first-order chi connectivity index (χ1) is 14.2. The summed E-state index contributed by atoms with van der Waals surface area (Å²) in [6.07, 6.45) is 1.94. The second-order valence-electron chi connectivity index (χ2n) is 7.65. The van der Waals surface area contributed by atoms with Crippen LogP contribution in [-0.2, 0) is 11.3 Å². The molecule has 2 atom stereocenters. The van der Waals surface area contributed by atoms with Crippen LogP contribution in [0.15, 0.2) is 48.5 Å². The van der Waals surface area contributed by atoms with Crippen LogP contribution >= 0.6 is 0 Å². The Morgan fingerprint density at radius 3 is 2.59 bits per heavy atom. The van der Waals surface area contributed by atoms with E-state index >= 15 is 0 Å². The quantitative estimate of drug-likeness (QED) is 0.662. The van der Waals surface area contributed by atoms with Crippen LogP contribution in [-0.4, -0.2) is 36.7 Å². The summed E-state index contributed by atoms with van der Waals surface area (Å²) in [5.41, 5.74) is 5.16. The monoisotopic (exact) mass is 394 g/mol. The Labute approximate surface area is 175 Å². The number of piperidine rings is 1. The molecule has 2 unspecified atom stereocenters. The van der Waals surface area contributed by atoms with Crippen LogP contribution < -0.4 is 4.90 Å². The van der Waals surface area contributed by atoms with Crippen LogP contribution in [0.25, 0.3) is 0 Å². The Hall–Kier alpha value is -2.49. The number of carbonyl (C=O) groups excluding carboxylic acids is 1. The summed E-state index contributed by atoms with van der Waals surface area (Å²) in [5.74, 6) is 0.379. The molecule has 0 bridgehead atoms. The summed E-state index contributed by atoms with van der Waals surface area (Å²) < 4.78 is 5.58. The second kappa shape index (κ2) is 9.82. The summed E-state index contributed by atoms with van der Waals surface area (Å²) in [7, 11) is 0. The van der Waals surface area contributed by atoms with Gasteiger partial charge in [-0.15, -0.1) is 0 Å². The van der Waals surface area contributed by atoms with E-state index in [1.165, 1.54) is 16.8 Å². The minimum Gasteiger partial charge on any atom is -0.445 e. The molecule has 2 heterocycles. The molecule has 156 valence electrons. The smallest absolute Gasteiger partial charge is 0.410 e. The van der Waals surface area contributed by atoms with Crippen molar-refractivity contribution < 1.29 is 9.53 Å². The van der Waals surface area contributed by atoms with Gasteiger partial charge < -0.3 is 14.5 Å². The van der Waals surface area contributed by atoms with E-state index in [0.29, 0.717) is 18.6 Å². The predicted octanol–water partition coefficient (Wildman–Crippen LogP) is 5.75. The number of benzene rings is 2. The molecule has 0 N–H and O–H groups in total. The molecule has 0 spiro atoms. The van der Waals surface area contributed by atoms with E-state index in [-0.39, 0.29) is 6.09 Å². The lowest BCUT2D eigenvalue weighted by atomic mass is 9.89. The molecular weight excluding hydrogens is 360 g/mol. The summed E-state index contributed by atoms with van der Waals surface area (Å²) in [5, 5.41) is 0. The number of amides is 1. The molecule has 0 radical (unpaired) electrons. The summed E-state index contributed by atoms with van der Waals surface area (Å²) in [4.78, 5) is 17.1. The van der Waals surface area contributed by atoms with E-state index < -0.39 is 0 Å². The minimum absolute atomic E-state index is 0.194. The Morgan fingerprint density at radius 1 is 1.10 bits per heavy atom. The normalized spacial score (nSPS) is 19.7. The maximum atomic E-state index is 12.6. The number of carbonyl (C=O) groups is 1. The van der Waals surface area contributed by atoms with Gasteiger partial charge in [-0.1, -0.05) is 69.3 Å². The number of ether oxygens (including phenoxy) is 1. The Morgan fingerprint density at radius 2 is 1.86 bits per heavy atom. The summed E-state index contributed by atoms with van der Waals surface area (Å²) >= 11 is 0. The molecule has 2 aliphatic heterocycles. The highest BCUT2D eigenvalue weighted by Gasteiger charge is 2.43. The average molecular weight is 395 g/mol. The van der Waals surface area contributed by atoms with Gasteiger partial charge >= 0.3 is 6.09 Å². The van der Waals surface area contributed by atoms with Gasteiger partial charge in [-0.05, 0) is 36.5 Å². The topological polar surface area (TPSA) is 32.8 Å². The highest BCUT2D eigenvalue weighted by molar-refractivity contribution is 5.70. The first kappa shape index (κ1) is 21.2. The fraction of sp³-hybridized carbons (Fsp3) is 0.480. The third-order valence-electron chi connectivity index (χ3n) is 5.86. The van der Waals surface area contributed by atoms with Crippen molar-refractivity contribution in [1.29, 1.82) is 0 Å². The molecule has 0 aliphatic carbocycles.